The zero-order valence-corrected chi connectivity index (χ0v) is 11.5. The van der Waals surface area contributed by atoms with E-state index in [2.05, 4.69) is 5.32 Å². The van der Waals surface area contributed by atoms with E-state index in [9.17, 15) is 9.59 Å². The van der Waals surface area contributed by atoms with Crippen molar-refractivity contribution in [3.63, 3.8) is 0 Å². The number of amides is 1. The average Bonchev–Trinajstić information content (AvgIpc) is 2.86. The first-order chi connectivity index (χ1) is 10.1. The van der Waals surface area contributed by atoms with Crippen LogP contribution in [-0.2, 0) is 11.2 Å². The second-order valence-electron chi connectivity index (χ2n) is 4.88. The number of nitrogens with one attached hydrogen (secondary N) is 1. The summed E-state index contributed by atoms with van der Waals surface area (Å²) in [5.41, 5.74) is 8.76. The van der Waals surface area contributed by atoms with E-state index in [1.54, 1.807) is 36.4 Å². The van der Waals surface area contributed by atoms with Crippen LogP contribution in [0.4, 0.5) is 11.4 Å². The van der Waals surface area contributed by atoms with Crippen molar-refractivity contribution in [2.24, 2.45) is 0 Å². The molecule has 1 heterocycles. The van der Waals surface area contributed by atoms with Gasteiger partial charge < -0.3 is 15.8 Å². The van der Waals surface area contributed by atoms with Gasteiger partial charge in [-0.25, -0.2) is 0 Å². The number of hydrogen-bond acceptors (Lipinski definition) is 4. The van der Waals surface area contributed by atoms with Gasteiger partial charge in [0.15, 0.2) is 5.78 Å². The molecule has 1 aliphatic rings. The van der Waals surface area contributed by atoms with Gasteiger partial charge in [-0.3, -0.25) is 9.59 Å². The molecule has 2 aromatic carbocycles. The van der Waals surface area contributed by atoms with E-state index in [0.29, 0.717) is 29.0 Å². The second-order valence-corrected chi connectivity index (χ2v) is 4.88. The minimum absolute atomic E-state index is 0.0597. The fraction of sp³-hybridized carbons (Fsp3) is 0.125. The Bertz CT molecular complexity index is 753. The molecule has 0 aromatic heterocycles. The molecule has 0 saturated carbocycles. The number of nitrogens with two attached hydrogens (primary N) is 1. The minimum Gasteiger partial charge on any atom is -0.497 e. The summed E-state index contributed by atoms with van der Waals surface area (Å²) in [5, 5.41) is 2.74. The minimum atomic E-state index is -0.187. The highest BCUT2D eigenvalue weighted by atomic mass is 16.5. The van der Waals surface area contributed by atoms with Gasteiger partial charge in [0.1, 0.15) is 5.75 Å². The van der Waals surface area contributed by atoms with Gasteiger partial charge in [-0.15, -0.1) is 0 Å². The molecule has 0 spiro atoms. The zero-order valence-electron chi connectivity index (χ0n) is 11.5. The standard InChI is InChI=1S/C16H14N2O3/c1-21-11-3-4-13(17)12(8-11)16(20)9-2-5-14-10(6-9)7-15(19)18-14/h2-6,8H,7,17H2,1H3,(H,18,19). The van der Waals surface area contributed by atoms with Crippen molar-refractivity contribution in [3.05, 3.63) is 53.1 Å². The van der Waals surface area contributed by atoms with E-state index in [1.807, 2.05) is 0 Å². The van der Waals surface area contributed by atoms with E-state index >= 15 is 0 Å². The molecule has 0 fully saturated rings. The average molecular weight is 282 g/mol. The molecule has 106 valence electrons. The van der Waals surface area contributed by atoms with Crippen LogP contribution in [0.1, 0.15) is 21.5 Å². The van der Waals surface area contributed by atoms with Crippen molar-refractivity contribution in [3.8, 4) is 5.75 Å². The van der Waals surface area contributed by atoms with E-state index in [4.69, 9.17) is 10.5 Å². The molecule has 2 aromatic rings. The van der Waals surface area contributed by atoms with Gasteiger partial charge in [0.05, 0.1) is 13.5 Å². The molecule has 5 heteroatoms. The first-order valence-corrected chi connectivity index (χ1v) is 6.49. The Morgan fingerprint density at radius 3 is 2.81 bits per heavy atom. The number of fused-ring (bicyclic) bond motifs is 1. The summed E-state index contributed by atoms with van der Waals surface area (Å²) in [5.74, 6) is 0.328. The van der Waals surface area contributed by atoms with Gasteiger partial charge in [-0.1, -0.05) is 0 Å². The fourth-order valence-corrected chi connectivity index (χ4v) is 2.39. The third-order valence-electron chi connectivity index (χ3n) is 3.50. The lowest BCUT2D eigenvalue weighted by Crippen LogP contribution is -2.06. The third kappa shape index (κ3) is 2.33. The van der Waals surface area contributed by atoms with Crippen molar-refractivity contribution >= 4 is 23.1 Å². The summed E-state index contributed by atoms with van der Waals surface area (Å²) in [6.07, 6.45) is 0.296. The molecule has 21 heavy (non-hydrogen) atoms. The van der Waals surface area contributed by atoms with Crippen molar-refractivity contribution in [2.45, 2.75) is 6.42 Å². The lowest BCUT2D eigenvalue weighted by Gasteiger charge is -2.08. The predicted octanol–water partition coefficient (Wildman–Crippen LogP) is 2.00. The Morgan fingerprint density at radius 1 is 1.24 bits per heavy atom. The smallest absolute Gasteiger partial charge is 0.228 e. The Morgan fingerprint density at radius 2 is 2.05 bits per heavy atom. The zero-order chi connectivity index (χ0) is 15.0. The van der Waals surface area contributed by atoms with Crippen LogP contribution in [0.25, 0.3) is 0 Å². The van der Waals surface area contributed by atoms with Crippen LogP contribution in [0, 0.1) is 0 Å². The summed E-state index contributed by atoms with van der Waals surface area (Å²) < 4.78 is 5.12. The summed E-state index contributed by atoms with van der Waals surface area (Å²) in [6, 6.07) is 10.1. The molecule has 0 radical (unpaired) electrons. The molecule has 1 amide bonds. The van der Waals surface area contributed by atoms with Crippen molar-refractivity contribution in [1.29, 1.82) is 0 Å². The molecule has 0 bridgehead atoms. The highest BCUT2D eigenvalue weighted by molar-refractivity contribution is 6.13. The quantitative estimate of drug-likeness (QED) is 0.666. The number of ether oxygens (including phenoxy) is 1. The van der Waals surface area contributed by atoms with Crippen molar-refractivity contribution < 1.29 is 14.3 Å². The molecule has 0 atom stereocenters. The van der Waals surface area contributed by atoms with E-state index in [0.717, 1.165) is 11.3 Å². The van der Waals surface area contributed by atoms with Crippen LogP contribution in [0.15, 0.2) is 36.4 Å². The number of rotatable bonds is 3. The fourth-order valence-electron chi connectivity index (χ4n) is 2.39. The molecule has 0 saturated heterocycles. The van der Waals surface area contributed by atoms with Crippen molar-refractivity contribution in [1.82, 2.24) is 0 Å². The summed E-state index contributed by atoms with van der Waals surface area (Å²) in [7, 11) is 1.53. The normalized spacial score (nSPS) is 12.7. The predicted molar refractivity (Wildman–Crippen MR) is 79.6 cm³/mol. The molecule has 0 aliphatic carbocycles. The second kappa shape index (κ2) is 4.94. The number of methoxy groups -OCH3 is 1. The Hall–Kier alpha value is -2.82. The maximum atomic E-state index is 12.6. The molecule has 0 unspecified atom stereocenters. The van der Waals surface area contributed by atoms with Crippen molar-refractivity contribution in [2.75, 3.05) is 18.2 Å². The van der Waals surface area contributed by atoms with Gasteiger partial charge in [-0.2, -0.15) is 0 Å². The maximum absolute atomic E-state index is 12.6. The monoisotopic (exact) mass is 282 g/mol. The van der Waals surface area contributed by atoms with Crippen LogP contribution in [0.2, 0.25) is 0 Å². The number of hydrogen-bond donors (Lipinski definition) is 2. The summed E-state index contributed by atoms with van der Waals surface area (Å²) in [6.45, 7) is 0. The maximum Gasteiger partial charge on any atom is 0.228 e. The molecule has 3 rings (SSSR count). The first kappa shape index (κ1) is 13.2. The number of benzene rings is 2. The molecule has 1 aliphatic heterocycles. The van der Waals surface area contributed by atoms with Gasteiger partial charge in [0, 0.05) is 22.5 Å². The SMILES string of the molecule is COc1ccc(N)c(C(=O)c2ccc3c(c2)CC(=O)N3)c1. The lowest BCUT2D eigenvalue weighted by molar-refractivity contribution is -0.115. The molecular formula is C16H14N2O3. The van der Waals surface area contributed by atoms with Crippen LogP contribution < -0.4 is 15.8 Å². The summed E-state index contributed by atoms with van der Waals surface area (Å²) >= 11 is 0. The number of carbonyl (C=O) groups is 2. The van der Waals surface area contributed by atoms with Crippen LogP contribution in [0.5, 0.6) is 5.75 Å². The lowest BCUT2D eigenvalue weighted by atomic mass is 9.99. The van der Waals surface area contributed by atoms with Crippen LogP contribution in [-0.4, -0.2) is 18.8 Å². The molecule has 5 nitrogen and oxygen atoms in total. The number of ketones is 1. The van der Waals surface area contributed by atoms with Gasteiger partial charge >= 0.3 is 0 Å². The Balaban J connectivity index is 2.00. The molecular weight excluding hydrogens is 268 g/mol. The van der Waals surface area contributed by atoms with Gasteiger partial charge in [-0.05, 0) is 42.0 Å². The van der Waals surface area contributed by atoms with E-state index in [1.165, 1.54) is 7.11 Å². The van der Waals surface area contributed by atoms with Gasteiger partial charge in [0.2, 0.25) is 5.91 Å². The highest BCUT2D eigenvalue weighted by Crippen LogP contribution is 2.27. The Labute approximate surface area is 121 Å². The first-order valence-electron chi connectivity index (χ1n) is 6.49. The van der Waals surface area contributed by atoms with Crippen LogP contribution in [0.3, 0.4) is 0 Å². The third-order valence-corrected chi connectivity index (χ3v) is 3.50. The Kier molecular flexibility index (Phi) is 3.10. The van der Waals surface area contributed by atoms with E-state index < -0.39 is 0 Å². The highest BCUT2D eigenvalue weighted by Gasteiger charge is 2.20. The largest absolute Gasteiger partial charge is 0.497 e. The molecule has 3 N–H and O–H groups in total. The topological polar surface area (TPSA) is 81.4 Å². The number of anilines is 2. The van der Waals surface area contributed by atoms with Gasteiger partial charge in [0.25, 0.3) is 0 Å². The van der Waals surface area contributed by atoms with Crippen LogP contribution >= 0.6 is 0 Å². The van der Waals surface area contributed by atoms with E-state index in [-0.39, 0.29) is 11.7 Å². The number of carbonyl (C=O) groups excluding carboxylic acids is 2. The number of nitrogen functional groups attached to an aromatic ring is 1. The summed E-state index contributed by atoms with van der Waals surface area (Å²) in [4.78, 5) is 23.9.